The van der Waals surface area contributed by atoms with Gasteiger partial charge in [-0.1, -0.05) is 11.6 Å². The first-order valence-corrected chi connectivity index (χ1v) is 8.20. The second kappa shape index (κ2) is 6.89. The Labute approximate surface area is 137 Å². The minimum Gasteiger partial charge on any atom is -0.335 e. The quantitative estimate of drug-likeness (QED) is 0.715. The van der Waals surface area contributed by atoms with Gasteiger partial charge in [-0.15, -0.1) is 0 Å². The van der Waals surface area contributed by atoms with E-state index in [0.29, 0.717) is 17.0 Å². The van der Waals surface area contributed by atoms with Crippen molar-refractivity contribution < 1.29 is 9.59 Å². The number of benzene rings is 1. The molecule has 108 valence electrons. The predicted molar refractivity (Wildman–Crippen MR) is 88.1 cm³/mol. The molecule has 5 heteroatoms. The lowest BCUT2D eigenvalue weighted by Crippen LogP contribution is -2.44. The highest BCUT2D eigenvalue weighted by molar-refractivity contribution is 14.1. The molecule has 1 saturated heterocycles. The van der Waals surface area contributed by atoms with Crippen LogP contribution in [0, 0.1) is 3.57 Å². The fraction of sp³-hybridized carbons (Fsp3) is 0.467. The molecule has 1 unspecified atom stereocenters. The standard InChI is InChI=1S/C15H17ClINO2/c1-10(19)8-12-4-2-3-7-18(12)15(20)11-5-6-14(17)13(16)9-11/h5-6,9,12H,2-4,7-8H2,1H3. The maximum atomic E-state index is 12.6. The van der Waals surface area contributed by atoms with Crippen LogP contribution < -0.4 is 0 Å². The molecule has 1 aromatic rings. The molecule has 1 aromatic carbocycles. The third-order valence-corrected chi connectivity index (χ3v) is 5.15. The van der Waals surface area contributed by atoms with Gasteiger partial charge in [0.15, 0.2) is 0 Å². The SMILES string of the molecule is CC(=O)CC1CCCCN1C(=O)c1ccc(I)c(Cl)c1. The summed E-state index contributed by atoms with van der Waals surface area (Å²) in [6, 6.07) is 5.40. The first kappa shape index (κ1) is 15.8. The lowest BCUT2D eigenvalue weighted by molar-refractivity contribution is -0.118. The predicted octanol–water partition coefficient (Wildman–Crippen LogP) is 3.92. The van der Waals surface area contributed by atoms with Crippen molar-refractivity contribution in [3.05, 3.63) is 32.4 Å². The third kappa shape index (κ3) is 3.73. The normalized spacial score (nSPS) is 18.9. The van der Waals surface area contributed by atoms with Crippen molar-refractivity contribution in [1.82, 2.24) is 4.90 Å². The molecule has 20 heavy (non-hydrogen) atoms. The average Bonchev–Trinajstić information content (AvgIpc) is 2.41. The van der Waals surface area contributed by atoms with Crippen molar-refractivity contribution in [2.75, 3.05) is 6.54 Å². The van der Waals surface area contributed by atoms with E-state index < -0.39 is 0 Å². The lowest BCUT2D eigenvalue weighted by atomic mass is 9.97. The summed E-state index contributed by atoms with van der Waals surface area (Å²) in [4.78, 5) is 25.8. The first-order valence-electron chi connectivity index (χ1n) is 6.74. The molecule has 0 aromatic heterocycles. The van der Waals surface area contributed by atoms with Gasteiger partial charge in [-0.3, -0.25) is 9.59 Å². The van der Waals surface area contributed by atoms with Crippen LogP contribution in [0.3, 0.4) is 0 Å². The van der Waals surface area contributed by atoms with E-state index in [0.717, 1.165) is 29.4 Å². The van der Waals surface area contributed by atoms with Gasteiger partial charge in [0.25, 0.3) is 5.91 Å². The Morgan fingerprint density at radius 3 is 2.80 bits per heavy atom. The molecule has 2 rings (SSSR count). The van der Waals surface area contributed by atoms with Gasteiger partial charge in [0.2, 0.25) is 0 Å². The van der Waals surface area contributed by atoms with Crippen molar-refractivity contribution in [3.63, 3.8) is 0 Å². The van der Waals surface area contributed by atoms with Crippen LogP contribution in [0.15, 0.2) is 18.2 Å². The van der Waals surface area contributed by atoms with Crippen LogP contribution in [-0.4, -0.2) is 29.2 Å². The first-order chi connectivity index (χ1) is 9.49. The molecule has 1 amide bonds. The zero-order chi connectivity index (χ0) is 14.7. The van der Waals surface area contributed by atoms with E-state index in [-0.39, 0.29) is 17.7 Å². The van der Waals surface area contributed by atoms with Crippen molar-refractivity contribution in [1.29, 1.82) is 0 Å². The Morgan fingerprint density at radius 2 is 2.15 bits per heavy atom. The van der Waals surface area contributed by atoms with E-state index in [1.165, 1.54) is 0 Å². The number of piperidine rings is 1. The fourth-order valence-electron chi connectivity index (χ4n) is 2.61. The molecular weight excluding hydrogens is 389 g/mol. The van der Waals surface area contributed by atoms with Crippen LogP contribution in [-0.2, 0) is 4.79 Å². The fourth-order valence-corrected chi connectivity index (χ4v) is 3.12. The van der Waals surface area contributed by atoms with Crippen LogP contribution in [0.4, 0.5) is 0 Å². The van der Waals surface area contributed by atoms with Crippen LogP contribution in [0.2, 0.25) is 5.02 Å². The molecule has 1 aliphatic rings. The summed E-state index contributed by atoms with van der Waals surface area (Å²) in [6.07, 6.45) is 3.43. The molecule has 0 aliphatic carbocycles. The number of carbonyl (C=O) groups excluding carboxylic acids is 2. The Kier molecular flexibility index (Phi) is 5.43. The van der Waals surface area contributed by atoms with E-state index in [2.05, 4.69) is 22.6 Å². The maximum absolute atomic E-state index is 12.6. The van der Waals surface area contributed by atoms with Gasteiger partial charge < -0.3 is 4.90 Å². The molecule has 1 aliphatic heterocycles. The van der Waals surface area contributed by atoms with Gasteiger partial charge >= 0.3 is 0 Å². The monoisotopic (exact) mass is 405 g/mol. The molecule has 3 nitrogen and oxygen atoms in total. The number of hydrogen-bond acceptors (Lipinski definition) is 2. The summed E-state index contributed by atoms with van der Waals surface area (Å²) in [5.41, 5.74) is 0.603. The Balaban J connectivity index is 2.20. The summed E-state index contributed by atoms with van der Waals surface area (Å²) in [6.45, 7) is 2.30. The number of halogens is 2. The van der Waals surface area contributed by atoms with Crippen LogP contribution >= 0.6 is 34.2 Å². The molecule has 0 bridgehead atoms. The number of rotatable bonds is 3. The van der Waals surface area contributed by atoms with E-state index in [9.17, 15) is 9.59 Å². The average molecular weight is 406 g/mol. The summed E-state index contributed by atoms with van der Waals surface area (Å²) < 4.78 is 0.930. The van der Waals surface area contributed by atoms with Gasteiger partial charge in [0.05, 0.1) is 5.02 Å². The van der Waals surface area contributed by atoms with Crippen LogP contribution in [0.5, 0.6) is 0 Å². The molecule has 1 fully saturated rings. The van der Waals surface area contributed by atoms with Gasteiger partial charge in [0.1, 0.15) is 5.78 Å². The second-order valence-electron chi connectivity index (χ2n) is 5.18. The highest BCUT2D eigenvalue weighted by Gasteiger charge is 2.28. The maximum Gasteiger partial charge on any atom is 0.254 e. The molecule has 0 radical (unpaired) electrons. The van der Waals surface area contributed by atoms with E-state index in [1.54, 1.807) is 19.1 Å². The smallest absolute Gasteiger partial charge is 0.254 e. The van der Waals surface area contributed by atoms with Crippen molar-refractivity contribution in [2.24, 2.45) is 0 Å². The highest BCUT2D eigenvalue weighted by Crippen LogP contribution is 2.25. The number of ketones is 1. The van der Waals surface area contributed by atoms with E-state index >= 15 is 0 Å². The number of hydrogen-bond donors (Lipinski definition) is 0. The molecular formula is C15H17ClINO2. The summed E-state index contributed by atoms with van der Waals surface area (Å²) >= 11 is 8.22. The second-order valence-corrected chi connectivity index (χ2v) is 6.75. The minimum absolute atomic E-state index is 0.0192. The van der Waals surface area contributed by atoms with Gasteiger partial charge in [-0.25, -0.2) is 0 Å². The van der Waals surface area contributed by atoms with E-state index in [4.69, 9.17) is 11.6 Å². The largest absolute Gasteiger partial charge is 0.335 e. The number of Topliss-reactive ketones (excluding diaryl/α,β-unsaturated/α-hetero) is 1. The number of amides is 1. The topological polar surface area (TPSA) is 37.4 Å². The van der Waals surface area contributed by atoms with Crippen molar-refractivity contribution in [3.8, 4) is 0 Å². The molecule has 1 atom stereocenters. The molecule has 1 heterocycles. The number of likely N-dealkylation sites (tertiary alicyclic amines) is 1. The Morgan fingerprint density at radius 1 is 1.40 bits per heavy atom. The number of carbonyl (C=O) groups is 2. The van der Waals surface area contributed by atoms with E-state index in [1.807, 2.05) is 11.0 Å². The Hall–Kier alpha value is -0.620. The van der Waals surface area contributed by atoms with Gasteiger partial charge in [0, 0.05) is 28.1 Å². The van der Waals surface area contributed by atoms with Crippen LogP contribution in [0.25, 0.3) is 0 Å². The van der Waals surface area contributed by atoms with Gasteiger partial charge in [-0.2, -0.15) is 0 Å². The summed E-state index contributed by atoms with van der Waals surface area (Å²) in [7, 11) is 0. The zero-order valence-corrected chi connectivity index (χ0v) is 14.3. The molecule has 0 N–H and O–H groups in total. The van der Waals surface area contributed by atoms with Crippen LogP contribution in [0.1, 0.15) is 43.0 Å². The zero-order valence-electron chi connectivity index (χ0n) is 11.4. The summed E-state index contributed by atoms with van der Waals surface area (Å²) in [5, 5.41) is 0.594. The Bertz CT molecular complexity index is 533. The van der Waals surface area contributed by atoms with Gasteiger partial charge in [-0.05, 0) is 67.0 Å². The minimum atomic E-state index is -0.0192. The third-order valence-electron chi connectivity index (χ3n) is 3.58. The summed E-state index contributed by atoms with van der Waals surface area (Å²) in [5.74, 6) is 0.115. The van der Waals surface area contributed by atoms with Crippen molar-refractivity contribution in [2.45, 2.75) is 38.6 Å². The molecule has 0 saturated carbocycles. The lowest BCUT2D eigenvalue weighted by Gasteiger charge is -2.35. The molecule has 0 spiro atoms. The van der Waals surface area contributed by atoms with Crippen molar-refractivity contribution >= 4 is 45.9 Å². The number of nitrogens with zero attached hydrogens (tertiary/aromatic N) is 1. The highest BCUT2D eigenvalue weighted by atomic mass is 127.